The van der Waals surface area contributed by atoms with Gasteiger partial charge in [0.05, 0.1) is 16.2 Å². The number of carbonyl (C=O) groups is 2. The van der Waals surface area contributed by atoms with Crippen LogP contribution in [0.2, 0.25) is 0 Å². The van der Waals surface area contributed by atoms with Crippen LogP contribution in [-0.2, 0) is 9.59 Å². The fourth-order valence-corrected chi connectivity index (χ4v) is 7.09. The Bertz CT molecular complexity index is 1060. The molecule has 31 heavy (non-hydrogen) atoms. The van der Waals surface area contributed by atoms with Gasteiger partial charge in [-0.15, -0.1) is 23.4 Å². The summed E-state index contributed by atoms with van der Waals surface area (Å²) in [6.45, 7) is 1.25. The Morgan fingerprint density at radius 3 is 2.52 bits per heavy atom. The van der Waals surface area contributed by atoms with Crippen molar-refractivity contribution in [3.05, 3.63) is 53.6 Å². The SMILES string of the molecule is O=C1CCC2(CN(C(=O)C3CC(Cl)c4ccc(-c5ccc(C6CC6)cc5)cc4S3)C2)N1. The molecule has 6 heteroatoms. The van der Waals surface area contributed by atoms with Crippen molar-refractivity contribution in [2.75, 3.05) is 13.1 Å². The molecule has 1 aliphatic carbocycles. The van der Waals surface area contributed by atoms with E-state index in [1.54, 1.807) is 11.8 Å². The molecular formula is C25H25ClN2O2S. The first-order chi connectivity index (χ1) is 15.0. The van der Waals surface area contributed by atoms with E-state index >= 15 is 0 Å². The molecule has 160 valence electrons. The second-order valence-electron chi connectivity index (χ2n) is 9.48. The number of likely N-dealkylation sites (tertiary alicyclic amines) is 1. The van der Waals surface area contributed by atoms with E-state index in [0.717, 1.165) is 22.8 Å². The lowest BCUT2D eigenvalue weighted by Crippen LogP contribution is -2.69. The van der Waals surface area contributed by atoms with Gasteiger partial charge in [0, 0.05) is 24.4 Å². The van der Waals surface area contributed by atoms with Gasteiger partial charge in [-0.2, -0.15) is 0 Å². The third-order valence-electron chi connectivity index (χ3n) is 7.14. The number of nitrogens with one attached hydrogen (secondary N) is 1. The van der Waals surface area contributed by atoms with Crippen molar-refractivity contribution in [2.24, 2.45) is 0 Å². The van der Waals surface area contributed by atoms with E-state index in [4.69, 9.17) is 11.6 Å². The molecule has 2 aromatic carbocycles. The van der Waals surface area contributed by atoms with Crippen molar-refractivity contribution in [3.63, 3.8) is 0 Å². The quantitative estimate of drug-likeness (QED) is 0.676. The van der Waals surface area contributed by atoms with Gasteiger partial charge >= 0.3 is 0 Å². The van der Waals surface area contributed by atoms with E-state index in [1.807, 2.05) is 4.90 Å². The number of benzene rings is 2. The third-order valence-corrected chi connectivity index (χ3v) is 8.84. The van der Waals surface area contributed by atoms with Gasteiger partial charge < -0.3 is 10.2 Å². The second-order valence-corrected chi connectivity index (χ2v) is 11.3. The molecule has 0 bridgehead atoms. The zero-order valence-electron chi connectivity index (χ0n) is 17.3. The topological polar surface area (TPSA) is 49.4 Å². The summed E-state index contributed by atoms with van der Waals surface area (Å²) < 4.78 is 0. The number of nitrogens with zero attached hydrogens (tertiary/aromatic N) is 1. The van der Waals surface area contributed by atoms with Crippen LogP contribution < -0.4 is 5.32 Å². The first kappa shape index (κ1) is 19.7. The lowest BCUT2D eigenvalue weighted by molar-refractivity contribution is -0.140. The first-order valence-electron chi connectivity index (χ1n) is 11.1. The minimum absolute atomic E-state index is 0.103. The van der Waals surface area contributed by atoms with Crippen LogP contribution in [0.4, 0.5) is 0 Å². The largest absolute Gasteiger partial charge is 0.347 e. The Labute approximate surface area is 191 Å². The minimum Gasteiger partial charge on any atom is -0.347 e. The average molecular weight is 453 g/mol. The highest BCUT2D eigenvalue weighted by atomic mass is 35.5. The van der Waals surface area contributed by atoms with Crippen molar-refractivity contribution in [3.8, 4) is 11.1 Å². The van der Waals surface area contributed by atoms with Gasteiger partial charge in [0.15, 0.2) is 0 Å². The molecule has 2 unspecified atom stereocenters. The van der Waals surface area contributed by atoms with Crippen LogP contribution in [0.15, 0.2) is 47.4 Å². The standard InChI is InChI=1S/C25H25ClN2O2S/c26-20-12-22(24(30)28-13-25(14-28)10-9-23(29)27-25)31-21-11-18(7-8-19(20)21)17-5-3-16(4-6-17)15-1-2-15/h3-8,11,15,20,22H,1-2,9-10,12-14H2,(H,27,29). The summed E-state index contributed by atoms with van der Waals surface area (Å²) in [6, 6.07) is 15.4. The molecule has 4 aliphatic rings. The number of halogens is 1. The molecule has 3 heterocycles. The van der Waals surface area contributed by atoms with Crippen molar-refractivity contribution in [2.45, 2.75) is 59.1 Å². The van der Waals surface area contributed by atoms with Gasteiger partial charge in [-0.05, 0) is 59.9 Å². The van der Waals surface area contributed by atoms with Crippen LogP contribution >= 0.6 is 23.4 Å². The Morgan fingerprint density at radius 2 is 1.84 bits per heavy atom. The normalized spacial score (nSPS) is 26.4. The molecule has 0 radical (unpaired) electrons. The molecule has 1 N–H and O–H groups in total. The molecule has 2 amide bonds. The highest BCUT2D eigenvalue weighted by Gasteiger charge is 2.50. The van der Waals surface area contributed by atoms with E-state index < -0.39 is 0 Å². The molecule has 2 atom stereocenters. The van der Waals surface area contributed by atoms with Gasteiger partial charge in [-0.1, -0.05) is 36.4 Å². The summed E-state index contributed by atoms with van der Waals surface area (Å²) in [5.74, 6) is 1.01. The Kier molecular flexibility index (Phi) is 4.62. The molecule has 6 rings (SSSR count). The summed E-state index contributed by atoms with van der Waals surface area (Å²) in [4.78, 5) is 27.7. The smallest absolute Gasteiger partial charge is 0.236 e. The molecule has 3 aliphatic heterocycles. The zero-order chi connectivity index (χ0) is 21.2. The van der Waals surface area contributed by atoms with E-state index in [0.29, 0.717) is 25.9 Å². The molecule has 4 nitrogen and oxygen atoms in total. The summed E-state index contributed by atoms with van der Waals surface area (Å²) in [5, 5.41) is 2.73. The Balaban J connectivity index is 1.18. The molecule has 1 spiro atoms. The highest BCUT2D eigenvalue weighted by Crippen LogP contribution is 2.47. The van der Waals surface area contributed by atoms with Gasteiger partial charge in [0.25, 0.3) is 0 Å². The highest BCUT2D eigenvalue weighted by molar-refractivity contribution is 8.00. The number of thioether (sulfide) groups is 1. The Hall–Kier alpha value is -1.98. The predicted molar refractivity (Wildman–Crippen MR) is 123 cm³/mol. The van der Waals surface area contributed by atoms with Crippen LogP contribution in [0.25, 0.3) is 11.1 Å². The van der Waals surface area contributed by atoms with Gasteiger partial charge in [-0.3, -0.25) is 9.59 Å². The maximum absolute atomic E-state index is 13.2. The minimum atomic E-state index is -0.176. The van der Waals surface area contributed by atoms with E-state index in [1.165, 1.54) is 29.5 Å². The first-order valence-corrected chi connectivity index (χ1v) is 12.5. The number of hydrogen-bond donors (Lipinski definition) is 1. The maximum Gasteiger partial charge on any atom is 0.236 e. The van der Waals surface area contributed by atoms with Crippen molar-refractivity contribution in [1.29, 1.82) is 0 Å². The summed E-state index contributed by atoms with van der Waals surface area (Å²) >= 11 is 8.35. The molecular weight excluding hydrogens is 428 g/mol. The average Bonchev–Trinajstić information content (AvgIpc) is 3.53. The molecule has 1 saturated carbocycles. The lowest BCUT2D eigenvalue weighted by atomic mass is 9.88. The fraction of sp³-hybridized carbons (Fsp3) is 0.440. The molecule has 2 saturated heterocycles. The third kappa shape index (κ3) is 3.56. The van der Waals surface area contributed by atoms with Crippen molar-refractivity contribution >= 4 is 35.2 Å². The number of fused-ring (bicyclic) bond motifs is 1. The van der Waals surface area contributed by atoms with Crippen LogP contribution in [0.5, 0.6) is 0 Å². The van der Waals surface area contributed by atoms with Crippen LogP contribution in [-0.4, -0.2) is 40.6 Å². The van der Waals surface area contributed by atoms with Crippen molar-refractivity contribution < 1.29 is 9.59 Å². The van der Waals surface area contributed by atoms with Crippen LogP contribution in [0.1, 0.15) is 54.5 Å². The van der Waals surface area contributed by atoms with Gasteiger partial charge in [0.2, 0.25) is 11.8 Å². The summed E-state index contributed by atoms with van der Waals surface area (Å²) in [6.07, 6.45) is 4.67. The number of rotatable bonds is 3. The summed E-state index contributed by atoms with van der Waals surface area (Å²) in [5.41, 5.74) is 4.76. The van der Waals surface area contributed by atoms with Gasteiger partial charge in [-0.25, -0.2) is 0 Å². The van der Waals surface area contributed by atoms with E-state index in [2.05, 4.69) is 47.8 Å². The molecule has 0 aromatic heterocycles. The maximum atomic E-state index is 13.2. The van der Waals surface area contributed by atoms with E-state index in [9.17, 15) is 9.59 Å². The number of hydrogen-bond acceptors (Lipinski definition) is 3. The Morgan fingerprint density at radius 1 is 1.10 bits per heavy atom. The predicted octanol–water partition coefficient (Wildman–Crippen LogP) is 4.87. The second kappa shape index (κ2) is 7.28. The fourth-order valence-electron chi connectivity index (χ4n) is 5.16. The zero-order valence-corrected chi connectivity index (χ0v) is 18.8. The van der Waals surface area contributed by atoms with Gasteiger partial charge in [0.1, 0.15) is 0 Å². The monoisotopic (exact) mass is 452 g/mol. The number of carbonyl (C=O) groups excluding carboxylic acids is 2. The van der Waals surface area contributed by atoms with E-state index in [-0.39, 0.29) is 28.0 Å². The number of alkyl halides is 1. The van der Waals surface area contributed by atoms with Crippen LogP contribution in [0, 0.1) is 0 Å². The summed E-state index contributed by atoms with van der Waals surface area (Å²) in [7, 11) is 0. The number of amides is 2. The lowest BCUT2D eigenvalue weighted by Gasteiger charge is -2.49. The molecule has 2 aromatic rings. The molecule has 3 fully saturated rings. The van der Waals surface area contributed by atoms with Crippen LogP contribution in [0.3, 0.4) is 0 Å². The van der Waals surface area contributed by atoms with Crippen molar-refractivity contribution in [1.82, 2.24) is 10.2 Å².